The molecule has 0 aliphatic carbocycles. The van der Waals surface area contributed by atoms with E-state index < -0.39 is 10.0 Å². The quantitative estimate of drug-likeness (QED) is 0.920. The molecule has 1 aromatic rings. The predicted molar refractivity (Wildman–Crippen MR) is 78.8 cm³/mol. The molecule has 0 amide bonds. The second kappa shape index (κ2) is 5.51. The summed E-state index contributed by atoms with van der Waals surface area (Å²) in [5, 5.41) is 3.25. The van der Waals surface area contributed by atoms with E-state index in [1.54, 1.807) is 4.31 Å². The number of benzene rings is 1. The number of nitrogens with one attached hydrogen (secondary N) is 1. The van der Waals surface area contributed by atoms with Crippen molar-refractivity contribution in [3.63, 3.8) is 0 Å². The van der Waals surface area contributed by atoms with E-state index in [-0.39, 0.29) is 17.7 Å². The van der Waals surface area contributed by atoms with Crippen LogP contribution in [0.2, 0.25) is 0 Å². The molecule has 0 saturated carbocycles. The molecular weight excluding hydrogens is 260 g/mol. The Kier molecular flexibility index (Phi) is 4.16. The number of fused-ring (bicyclic) bond motifs is 1. The van der Waals surface area contributed by atoms with Crippen molar-refractivity contribution in [3.05, 3.63) is 29.8 Å². The molecule has 2 rings (SSSR count). The van der Waals surface area contributed by atoms with Crippen LogP contribution in [0.25, 0.3) is 0 Å². The molecule has 0 bridgehead atoms. The molecule has 106 valence electrons. The van der Waals surface area contributed by atoms with Crippen LogP contribution in [0.15, 0.2) is 24.3 Å². The van der Waals surface area contributed by atoms with Crippen molar-refractivity contribution in [2.75, 3.05) is 23.7 Å². The van der Waals surface area contributed by atoms with Crippen LogP contribution < -0.4 is 9.62 Å². The first kappa shape index (κ1) is 14.3. The maximum Gasteiger partial charge on any atom is 0.235 e. The van der Waals surface area contributed by atoms with Crippen LogP contribution in [-0.4, -0.2) is 27.8 Å². The van der Waals surface area contributed by atoms with Crippen LogP contribution in [0.4, 0.5) is 5.69 Å². The van der Waals surface area contributed by atoms with Gasteiger partial charge in [0.2, 0.25) is 10.0 Å². The minimum absolute atomic E-state index is 0.138. The molecule has 1 aromatic carbocycles. The van der Waals surface area contributed by atoms with E-state index in [1.807, 2.05) is 45.2 Å². The van der Waals surface area contributed by atoms with Crippen LogP contribution >= 0.6 is 0 Å². The van der Waals surface area contributed by atoms with Crippen LogP contribution in [0.5, 0.6) is 0 Å². The van der Waals surface area contributed by atoms with E-state index in [9.17, 15) is 8.42 Å². The number of anilines is 1. The third kappa shape index (κ3) is 2.92. The molecule has 1 aliphatic rings. The van der Waals surface area contributed by atoms with E-state index in [4.69, 9.17) is 0 Å². The standard InChI is InChI=1S/C14H22N2O2S/c1-11(2)10-19(17,18)16-9-8-13(15-3)12-6-4-5-7-14(12)16/h4-7,11,13,15H,8-10H2,1-3H3. The Balaban J connectivity index is 2.40. The molecule has 1 N–H and O–H groups in total. The lowest BCUT2D eigenvalue weighted by Crippen LogP contribution is -2.41. The topological polar surface area (TPSA) is 49.4 Å². The first-order valence-electron chi connectivity index (χ1n) is 6.72. The minimum atomic E-state index is -3.22. The SMILES string of the molecule is CNC1CCN(S(=O)(=O)CC(C)C)c2ccccc21. The molecule has 1 unspecified atom stereocenters. The van der Waals surface area contributed by atoms with Crippen LogP contribution in [0.3, 0.4) is 0 Å². The normalized spacial score (nSPS) is 19.6. The number of rotatable bonds is 4. The van der Waals surface area contributed by atoms with Crippen molar-refractivity contribution in [2.24, 2.45) is 5.92 Å². The van der Waals surface area contributed by atoms with Gasteiger partial charge in [-0.2, -0.15) is 0 Å². The average molecular weight is 282 g/mol. The third-order valence-electron chi connectivity index (χ3n) is 3.43. The molecule has 0 saturated heterocycles. The van der Waals surface area contributed by atoms with Crippen LogP contribution in [-0.2, 0) is 10.0 Å². The summed E-state index contributed by atoms with van der Waals surface area (Å²) in [5.41, 5.74) is 1.90. The molecule has 5 heteroatoms. The molecule has 1 atom stereocenters. The van der Waals surface area contributed by atoms with Gasteiger partial charge in [0.25, 0.3) is 0 Å². The first-order chi connectivity index (χ1) is 8.95. The number of para-hydroxylation sites is 1. The van der Waals surface area contributed by atoms with Crippen molar-refractivity contribution < 1.29 is 8.42 Å². The highest BCUT2D eigenvalue weighted by atomic mass is 32.2. The lowest BCUT2D eigenvalue weighted by atomic mass is 9.98. The molecular formula is C14H22N2O2S. The summed E-state index contributed by atoms with van der Waals surface area (Å²) < 4.78 is 26.5. The molecule has 4 nitrogen and oxygen atoms in total. The number of hydrogen-bond donors (Lipinski definition) is 1. The second-order valence-corrected chi connectivity index (χ2v) is 7.37. The van der Waals surface area contributed by atoms with Gasteiger partial charge in [-0.05, 0) is 31.0 Å². The van der Waals surface area contributed by atoms with Gasteiger partial charge < -0.3 is 5.32 Å². The second-order valence-electron chi connectivity index (χ2n) is 5.43. The van der Waals surface area contributed by atoms with Gasteiger partial charge in [0.05, 0.1) is 11.4 Å². The van der Waals surface area contributed by atoms with E-state index in [0.29, 0.717) is 6.54 Å². The molecule has 1 aliphatic heterocycles. The largest absolute Gasteiger partial charge is 0.313 e. The minimum Gasteiger partial charge on any atom is -0.313 e. The summed E-state index contributed by atoms with van der Waals surface area (Å²) in [6, 6.07) is 8.00. The highest BCUT2D eigenvalue weighted by Crippen LogP contribution is 2.35. The fraction of sp³-hybridized carbons (Fsp3) is 0.571. The predicted octanol–water partition coefficient (Wildman–Crippen LogP) is 2.14. The Hall–Kier alpha value is -1.07. The third-order valence-corrected chi connectivity index (χ3v) is 5.57. The summed E-state index contributed by atoms with van der Waals surface area (Å²) in [5.74, 6) is 0.338. The Bertz CT molecular complexity index is 540. The van der Waals surface area contributed by atoms with Gasteiger partial charge in [0.1, 0.15) is 0 Å². The molecule has 0 spiro atoms. The summed E-state index contributed by atoms with van der Waals surface area (Å²) in [6.07, 6.45) is 0.810. The lowest BCUT2D eigenvalue weighted by molar-refractivity contribution is 0.525. The summed E-state index contributed by atoms with van der Waals surface area (Å²) in [4.78, 5) is 0. The van der Waals surface area contributed by atoms with Crippen molar-refractivity contribution in [1.29, 1.82) is 0 Å². The van der Waals surface area contributed by atoms with Gasteiger partial charge >= 0.3 is 0 Å². The lowest BCUT2D eigenvalue weighted by Gasteiger charge is -2.35. The van der Waals surface area contributed by atoms with E-state index >= 15 is 0 Å². The fourth-order valence-electron chi connectivity index (χ4n) is 2.63. The summed E-state index contributed by atoms with van der Waals surface area (Å²) in [6.45, 7) is 4.42. The van der Waals surface area contributed by atoms with Crippen molar-refractivity contribution >= 4 is 15.7 Å². The maximum atomic E-state index is 12.5. The zero-order chi connectivity index (χ0) is 14.0. The van der Waals surface area contributed by atoms with Gasteiger partial charge in [-0.25, -0.2) is 8.42 Å². The monoisotopic (exact) mass is 282 g/mol. The average Bonchev–Trinajstić information content (AvgIpc) is 2.35. The molecule has 0 fully saturated rings. The Labute approximate surface area is 115 Å². The highest BCUT2D eigenvalue weighted by molar-refractivity contribution is 7.92. The fourth-order valence-corrected chi connectivity index (χ4v) is 4.50. The van der Waals surface area contributed by atoms with Gasteiger partial charge in [-0.3, -0.25) is 4.31 Å². The molecule has 1 heterocycles. The van der Waals surface area contributed by atoms with Gasteiger partial charge in [-0.15, -0.1) is 0 Å². The summed E-state index contributed by atoms with van der Waals surface area (Å²) >= 11 is 0. The summed E-state index contributed by atoms with van der Waals surface area (Å²) in [7, 11) is -1.31. The van der Waals surface area contributed by atoms with Crippen LogP contribution in [0.1, 0.15) is 31.9 Å². The van der Waals surface area contributed by atoms with Crippen molar-refractivity contribution in [3.8, 4) is 0 Å². The molecule has 0 aromatic heterocycles. The van der Waals surface area contributed by atoms with Gasteiger partial charge in [0.15, 0.2) is 0 Å². The number of hydrogen-bond acceptors (Lipinski definition) is 3. The van der Waals surface area contributed by atoms with Gasteiger partial charge in [0, 0.05) is 12.6 Å². The number of sulfonamides is 1. The van der Waals surface area contributed by atoms with Crippen LogP contribution in [0, 0.1) is 5.92 Å². The first-order valence-corrected chi connectivity index (χ1v) is 8.33. The maximum absolute atomic E-state index is 12.5. The van der Waals surface area contributed by atoms with E-state index in [1.165, 1.54) is 0 Å². The van der Waals surface area contributed by atoms with Gasteiger partial charge in [-0.1, -0.05) is 32.0 Å². The van der Waals surface area contributed by atoms with Crippen molar-refractivity contribution in [2.45, 2.75) is 26.3 Å². The smallest absolute Gasteiger partial charge is 0.235 e. The Morgan fingerprint density at radius 3 is 2.68 bits per heavy atom. The highest BCUT2D eigenvalue weighted by Gasteiger charge is 2.31. The van der Waals surface area contributed by atoms with Crippen molar-refractivity contribution in [1.82, 2.24) is 5.32 Å². The van der Waals surface area contributed by atoms with E-state index in [0.717, 1.165) is 17.7 Å². The van der Waals surface area contributed by atoms with E-state index in [2.05, 4.69) is 5.32 Å². The zero-order valence-electron chi connectivity index (χ0n) is 11.8. The Morgan fingerprint density at radius 2 is 2.05 bits per heavy atom. The molecule has 19 heavy (non-hydrogen) atoms. The molecule has 0 radical (unpaired) electrons. The Morgan fingerprint density at radius 1 is 1.37 bits per heavy atom. The zero-order valence-corrected chi connectivity index (χ0v) is 12.6. The number of nitrogens with zero attached hydrogens (tertiary/aromatic N) is 1.